The highest BCUT2D eigenvalue weighted by Gasteiger charge is 2.21. The molecule has 0 aliphatic rings. The molecule has 2 heterocycles. The van der Waals surface area contributed by atoms with Crippen LogP contribution in [0.4, 0.5) is 34.1 Å². The third-order valence-corrected chi connectivity index (χ3v) is 11.9. The normalized spacial score (nSPS) is 11.5. The number of nitrogens with zero attached hydrogens (tertiary/aromatic N) is 4. The van der Waals surface area contributed by atoms with E-state index < -0.39 is 0 Å². The summed E-state index contributed by atoms with van der Waals surface area (Å²) in [5.74, 6) is 0.601. The molecular weight excluding hydrogens is 757 g/mol. The summed E-state index contributed by atoms with van der Waals surface area (Å²) in [5.41, 5.74) is 12.4. The van der Waals surface area contributed by atoms with Gasteiger partial charge in [0.15, 0.2) is 5.58 Å². The molecule has 12 aromatic rings. The van der Waals surface area contributed by atoms with Gasteiger partial charge in [-0.25, -0.2) is 4.98 Å². The highest BCUT2D eigenvalue weighted by Crippen LogP contribution is 2.43. The van der Waals surface area contributed by atoms with Crippen molar-refractivity contribution in [3.05, 3.63) is 231 Å². The number of fused-ring (bicyclic) bond motifs is 9. The Labute approximate surface area is 358 Å². The van der Waals surface area contributed by atoms with Crippen molar-refractivity contribution in [2.75, 3.05) is 9.80 Å². The fourth-order valence-corrected chi connectivity index (χ4v) is 9.18. The minimum absolute atomic E-state index is 0.601. The summed E-state index contributed by atoms with van der Waals surface area (Å²) >= 11 is 0. The molecule has 0 aliphatic carbocycles. The van der Waals surface area contributed by atoms with Crippen molar-refractivity contribution in [3.63, 3.8) is 0 Å². The van der Waals surface area contributed by atoms with Gasteiger partial charge in [0.05, 0.1) is 11.0 Å². The first-order chi connectivity index (χ1) is 30.8. The Morgan fingerprint density at radius 2 is 0.806 bits per heavy atom. The molecule has 0 atom stereocenters. The molecule has 10 aromatic carbocycles. The first-order valence-corrected chi connectivity index (χ1v) is 21.0. The van der Waals surface area contributed by atoms with Gasteiger partial charge in [-0.3, -0.25) is 0 Å². The average molecular weight is 795 g/mol. The predicted molar refractivity (Wildman–Crippen MR) is 258 cm³/mol. The Morgan fingerprint density at radius 1 is 0.339 bits per heavy atom. The van der Waals surface area contributed by atoms with Gasteiger partial charge < -0.3 is 18.8 Å². The number of oxazole rings is 1. The standard InChI is InChI=1S/C57H38N4O/c1-4-17-40(18-5-1)59(43-33-31-39(32-34-43)57-58-55-50-28-12-10-25-47(50)48-26-11-13-29-51(48)56(55)62-57)44-23-16-24-45(37-44)60(41-19-6-2-7-20-41)46-35-36-54-52(38-46)49-27-14-15-30-53(49)61(54)42-21-8-3-9-22-42/h1-38H. The number of anilines is 6. The van der Waals surface area contributed by atoms with E-state index in [4.69, 9.17) is 9.40 Å². The molecule has 0 fully saturated rings. The topological polar surface area (TPSA) is 37.4 Å². The van der Waals surface area contributed by atoms with Gasteiger partial charge >= 0.3 is 0 Å². The molecule has 0 radical (unpaired) electrons. The van der Waals surface area contributed by atoms with Gasteiger partial charge in [0.2, 0.25) is 5.89 Å². The zero-order valence-corrected chi connectivity index (χ0v) is 33.6. The Morgan fingerprint density at radius 3 is 1.48 bits per heavy atom. The molecule has 0 N–H and O–H groups in total. The smallest absolute Gasteiger partial charge is 0.227 e. The molecule has 12 rings (SSSR count). The minimum Gasteiger partial charge on any atom is -0.435 e. The second kappa shape index (κ2) is 14.7. The molecule has 292 valence electrons. The minimum atomic E-state index is 0.601. The largest absolute Gasteiger partial charge is 0.435 e. The second-order valence-corrected chi connectivity index (χ2v) is 15.6. The van der Waals surface area contributed by atoms with Crippen LogP contribution in [0.5, 0.6) is 0 Å². The van der Waals surface area contributed by atoms with Crippen molar-refractivity contribution in [1.29, 1.82) is 0 Å². The Kier molecular flexibility index (Phi) is 8.42. The fraction of sp³-hybridized carbons (Fsp3) is 0. The van der Waals surface area contributed by atoms with Crippen molar-refractivity contribution < 1.29 is 4.42 Å². The number of rotatable bonds is 8. The fourth-order valence-electron chi connectivity index (χ4n) is 9.18. The lowest BCUT2D eigenvalue weighted by molar-refractivity contribution is 0.623. The van der Waals surface area contributed by atoms with E-state index in [1.165, 1.54) is 27.2 Å². The zero-order valence-electron chi connectivity index (χ0n) is 33.6. The Hall–Kier alpha value is -8.41. The zero-order chi connectivity index (χ0) is 41.0. The van der Waals surface area contributed by atoms with Gasteiger partial charge in [-0.2, -0.15) is 0 Å². The van der Waals surface area contributed by atoms with Crippen molar-refractivity contribution in [2.24, 2.45) is 0 Å². The average Bonchev–Trinajstić information content (AvgIpc) is 3.94. The summed E-state index contributed by atoms with van der Waals surface area (Å²) in [6.07, 6.45) is 0. The number of aromatic nitrogens is 2. The summed E-state index contributed by atoms with van der Waals surface area (Å²) < 4.78 is 8.97. The second-order valence-electron chi connectivity index (χ2n) is 15.6. The predicted octanol–water partition coefficient (Wildman–Crippen LogP) is 15.8. The first kappa shape index (κ1) is 35.5. The van der Waals surface area contributed by atoms with Crippen LogP contribution in [0.1, 0.15) is 0 Å². The number of hydrogen-bond acceptors (Lipinski definition) is 4. The van der Waals surface area contributed by atoms with Crippen molar-refractivity contribution >= 4 is 88.6 Å². The van der Waals surface area contributed by atoms with Crippen LogP contribution in [-0.4, -0.2) is 9.55 Å². The number of para-hydroxylation sites is 4. The maximum Gasteiger partial charge on any atom is 0.227 e. The molecule has 0 unspecified atom stereocenters. The molecule has 0 aliphatic heterocycles. The maximum absolute atomic E-state index is 6.61. The van der Waals surface area contributed by atoms with Gasteiger partial charge in [-0.1, -0.05) is 127 Å². The van der Waals surface area contributed by atoms with E-state index in [0.29, 0.717) is 5.89 Å². The van der Waals surface area contributed by atoms with Crippen LogP contribution in [0.2, 0.25) is 0 Å². The lowest BCUT2D eigenvalue weighted by atomic mass is 10.0. The molecule has 2 aromatic heterocycles. The first-order valence-electron chi connectivity index (χ1n) is 21.0. The van der Waals surface area contributed by atoms with Gasteiger partial charge in [-0.15, -0.1) is 0 Å². The third-order valence-electron chi connectivity index (χ3n) is 11.9. The van der Waals surface area contributed by atoms with Gasteiger partial charge in [0, 0.05) is 66.9 Å². The van der Waals surface area contributed by atoms with Crippen LogP contribution in [0, 0.1) is 0 Å². The lowest BCUT2D eigenvalue weighted by Crippen LogP contribution is -2.13. The van der Waals surface area contributed by atoms with Crippen LogP contribution < -0.4 is 9.80 Å². The molecule has 5 heteroatoms. The van der Waals surface area contributed by atoms with E-state index in [1.807, 2.05) is 0 Å². The van der Waals surface area contributed by atoms with Crippen LogP contribution in [0.15, 0.2) is 235 Å². The highest BCUT2D eigenvalue weighted by molar-refractivity contribution is 6.22. The van der Waals surface area contributed by atoms with Crippen molar-refractivity contribution in [3.8, 4) is 17.1 Å². The summed E-state index contributed by atoms with van der Waals surface area (Å²) in [4.78, 5) is 9.76. The van der Waals surface area contributed by atoms with Gasteiger partial charge in [0.25, 0.3) is 0 Å². The van der Waals surface area contributed by atoms with E-state index >= 15 is 0 Å². The van der Waals surface area contributed by atoms with Crippen LogP contribution in [0.3, 0.4) is 0 Å². The van der Waals surface area contributed by atoms with Crippen molar-refractivity contribution in [1.82, 2.24) is 9.55 Å². The number of benzene rings is 10. The molecule has 0 amide bonds. The molecule has 5 nitrogen and oxygen atoms in total. The van der Waals surface area contributed by atoms with Gasteiger partial charge in [-0.05, 0) is 114 Å². The number of hydrogen-bond donors (Lipinski definition) is 0. The van der Waals surface area contributed by atoms with E-state index in [2.05, 4.69) is 245 Å². The van der Waals surface area contributed by atoms with Crippen LogP contribution in [-0.2, 0) is 0 Å². The molecular formula is C57H38N4O. The maximum atomic E-state index is 6.61. The third kappa shape index (κ3) is 5.90. The SMILES string of the molecule is c1ccc(N(c2ccc(-c3nc4c5ccccc5c5ccccc5c4o3)cc2)c2cccc(N(c3ccccc3)c3ccc4c(c3)c3ccccc3n4-c3ccccc3)c2)cc1. The molecule has 0 bridgehead atoms. The van der Waals surface area contributed by atoms with E-state index in [-0.39, 0.29) is 0 Å². The summed E-state index contributed by atoms with van der Waals surface area (Å²) in [6.45, 7) is 0. The summed E-state index contributed by atoms with van der Waals surface area (Å²) in [7, 11) is 0. The molecule has 0 saturated heterocycles. The molecule has 62 heavy (non-hydrogen) atoms. The van der Waals surface area contributed by atoms with Crippen molar-refractivity contribution in [2.45, 2.75) is 0 Å². The van der Waals surface area contributed by atoms with Crippen LogP contribution >= 0.6 is 0 Å². The quantitative estimate of drug-likeness (QED) is 0.144. The van der Waals surface area contributed by atoms with Crippen LogP contribution in [0.25, 0.3) is 71.6 Å². The van der Waals surface area contributed by atoms with E-state index in [1.54, 1.807) is 0 Å². The molecule has 0 saturated carbocycles. The Balaban J connectivity index is 0.968. The molecule has 0 spiro atoms. The van der Waals surface area contributed by atoms with E-state index in [0.717, 1.165) is 72.6 Å². The van der Waals surface area contributed by atoms with Gasteiger partial charge in [0.1, 0.15) is 5.52 Å². The lowest BCUT2D eigenvalue weighted by Gasteiger charge is -2.29. The summed E-state index contributed by atoms with van der Waals surface area (Å²) in [5, 5.41) is 6.91. The Bertz CT molecular complexity index is 3500. The van der Waals surface area contributed by atoms with E-state index in [9.17, 15) is 0 Å². The monoisotopic (exact) mass is 794 g/mol. The highest BCUT2D eigenvalue weighted by atomic mass is 16.3. The summed E-state index contributed by atoms with van der Waals surface area (Å²) in [6, 6.07) is 81.5.